The summed E-state index contributed by atoms with van der Waals surface area (Å²) in [6.07, 6.45) is 1.67. The smallest absolute Gasteiger partial charge is 0.269 e. The average Bonchev–Trinajstić information content (AvgIpc) is 3.00. The summed E-state index contributed by atoms with van der Waals surface area (Å²) in [5.74, 6) is 0.759. The third-order valence-corrected chi connectivity index (χ3v) is 3.53. The van der Waals surface area contributed by atoms with Gasteiger partial charge in [-0.1, -0.05) is 52.6 Å². The van der Waals surface area contributed by atoms with Crippen LogP contribution < -0.4 is 0 Å². The molecule has 0 aliphatic carbocycles. The van der Waals surface area contributed by atoms with Crippen LogP contribution >= 0.6 is 23.2 Å². The summed E-state index contributed by atoms with van der Waals surface area (Å²) in [6, 6.07) is 13.8. The lowest BCUT2D eigenvalue weighted by atomic mass is 10.2. The fraction of sp³-hybridized carbons (Fsp3) is 0. The Labute approximate surface area is 136 Å². The van der Waals surface area contributed by atoms with E-state index in [-0.39, 0.29) is 11.6 Å². The van der Waals surface area contributed by atoms with Crippen LogP contribution in [0.1, 0.15) is 11.5 Å². The molecule has 0 radical (unpaired) electrons. The van der Waals surface area contributed by atoms with E-state index in [9.17, 15) is 5.11 Å². The number of rotatable bonds is 3. The highest BCUT2D eigenvalue weighted by Gasteiger charge is 2.13. The molecule has 3 rings (SSSR count). The van der Waals surface area contributed by atoms with E-state index in [1.165, 1.54) is 0 Å². The molecule has 22 heavy (non-hydrogen) atoms. The number of aromatic hydroxyl groups is 1. The van der Waals surface area contributed by atoms with E-state index in [2.05, 4.69) is 10.1 Å². The molecule has 0 aliphatic rings. The first kappa shape index (κ1) is 14.6. The van der Waals surface area contributed by atoms with Crippen molar-refractivity contribution in [2.45, 2.75) is 0 Å². The number of hydrogen-bond donors (Lipinski definition) is 1. The third-order valence-electron chi connectivity index (χ3n) is 2.93. The van der Waals surface area contributed by atoms with Gasteiger partial charge in [-0.2, -0.15) is 4.98 Å². The summed E-state index contributed by atoms with van der Waals surface area (Å²) in [5.41, 5.74) is 1.48. The van der Waals surface area contributed by atoms with Gasteiger partial charge < -0.3 is 9.63 Å². The Kier molecular flexibility index (Phi) is 4.13. The molecule has 0 spiro atoms. The van der Waals surface area contributed by atoms with Gasteiger partial charge in [-0.05, 0) is 35.9 Å². The van der Waals surface area contributed by atoms with Gasteiger partial charge in [-0.15, -0.1) is 0 Å². The van der Waals surface area contributed by atoms with Crippen molar-refractivity contribution in [2.24, 2.45) is 0 Å². The van der Waals surface area contributed by atoms with Gasteiger partial charge >= 0.3 is 0 Å². The van der Waals surface area contributed by atoms with Gasteiger partial charge in [0.1, 0.15) is 10.8 Å². The van der Waals surface area contributed by atoms with E-state index in [0.717, 1.165) is 5.56 Å². The highest BCUT2D eigenvalue weighted by Crippen LogP contribution is 2.28. The maximum atomic E-state index is 9.26. The molecule has 0 atom stereocenters. The molecule has 4 nitrogen and oxygen atoms in total. The molecule has 1 N–H and O–H groups in total. The molecule has 1 heterocycles. The molecule has 0 unspecified atom stereocenters. The van der Waals surface area contributed by atoms with Crippen molar-refractivity contribution in [3.05, 3.63) is 65.0 Å². The minimum atomic E-state index is 0.187. The van der Waals surface area contributed by atoms with Crippen molar-refractivity contribution in [3.63, 3.8) is 0 Å². The van der Waals surface area contributed by atoms with Crippen molar-refractivity contribution in [1.29, 1.82) is 0 Å². The monoisotopic (exact) mass is 332 g/mol. The summed E-state index contributed by atoms with van der Waals surface area (Å²) in [7, 11) is 0. The van der Waals surface area contributed by atoms with Crippen molar-refractivity contribution < 1.29 is 9.63 Å². The molecular weight excluding hydrogens is 323 g/mol. The van der Waals surface area contributed by atoms with Crippen LogP contribution in [0.25, 0.3) is 22.5 Å². The van der Waals surface area contributed by atoms with Crippen molar-refractivity contribution in [3.8, 4) is 17.1 Å². The molecular formula is C16H10Cl2N2O2. The third kappa shape index (κ3) is 3.13. The maximum Gasteiger partial charge on any atom is 0.269 e. The predicted molar refractivity (Wildman–Crippen MR) is 86.6 cm³/mol. The second-order valence-corrected chi connectivity index (χ2v) is 5.30. The first-order chi connectivity index (χ1) is 10.6. The van der Waals surface area contributed by atoms with Crippen LogP contribution in [0.4, 0.5) is 0 Å². The number of hydrogen-bond acceptors (Lipinski definition) is 4. The van der Waals surface area contributed by atoms with Crippen LogP contribution in [0.5, 0.6) is 5.75 Å². The van der Waals surface area contributed by atoms with E-state index in [1.54, 1.807) is 42.5 Å². The topological polar surface area (TPSA) is 59.2 Å². The number of aromatic nitrogens is 2. The van der Waals surface area contributed by atoms with E-state index < -0.39 is 0 Å². The van der Waals surface area contributed by atoms with E-state index in [0.29, 0.717) is 21.4 Å². The molecule has 0 bridgehead atoms. The van der Waals surface area contributed by atoms with E-state index in [4.69, 9.17) is 27.7 Å². The van der Waals surface area contributed by atoms with E-state index >= 15 is 0 Å². The highest BCUT2D eigenvalue weighted by molar-refractivity contribution is 6.50. The molecule has 0 amide bonds. The van der Waals surface area contributed by atoms with Crippen molar-refractivity contribution in [2.75, 3.05) is 0 Å². The fourth-order valence-electron chi connectivity index (χ4n) is 1.85. The summed E-state index contributed by atoms with van der Waals surface area (Å²) < 4.78 is 5.16. The molecule has 6 heteroatoms. The highest BCUT2D eigenvalue weighted by atomic mass is 35.5. The molecule has 0 fully saturated rings. The Hall–Kier alpha value is -2.30. The lowest BCUT2D eigenvalue weighted by Crippen LogP contribution is -1.83. The largest absolute Gasteiger partial charge is 0.508 e. The van der Waals surface area contributed by atoms with Gasteiger partial charge in [0.2, 0.25) is 5.82 Å². The number of benzene rings is 2. The Morgan fingerprint density at radius 3 is 2.55 bits per heavy atom. The Balaban J connectivity index is 1.90. The van der Waals surface area contributed by atoms with Crippen LogP contribution in [0.15, 0.2) is 53.1 Å². The van der Waals surface area contributed by atoms with Crippen LogP contribution in [-0.2, 0) is 0 Å². The van der Waals surface area contributed by atoms with Gasteiger partial charge in [-0.25, -0.2) is 0 Å². The van der Waals surface area contributed by atoms with Crippen LogP contribution in [0.2, 0.25) is 5.02 Å². The van der Waals surface area contributed by atoms with Gasteiger partial charge in [-0.3, -0.25) is 0 Å². The normalized spacial score (nSPS) is 11.6. The SMILES string of the molecule is Oc1ccc(/C=C(\Cl)c2nc(-c3ccccc3Cl)no2)cc1. The van der Waals surface area contributed by atoms with Crippen LogP contribution in [0.3, 0.4) is 0 Å². The zero-order chi connectivity index (χ0) is 15.5. The second kappa shape index (κ2) is 6.22. The number of halogens is 2. The number of nitrogens with zero attached hydrogens (tertiary/aromatic N) is 2. The summed E-state index contributed by atoms with van der Waals surface area (Å²) >= 11 is 12.3. The zero-order valence-electron chi connectivity index (χ0n) is 11.2. The van der Waals surface area contributed by atoms with E-state index in [1.807, 2.05) is 12.1 Å². The van der Waals surface area contributed by atoms with Gasteiger partial charge in [0.25, 0.3) is 5.89 Å². The molecule has 0 saturated carbocycles. The van der Waals surface area contributed by atoms with Crippen molar-refractivity contribution >= 4 is 34.3 Å². The zero-order valence-corrected chi connectivity index (χ0v) is 12.7. The standard InChI is InChI=1S/C16H10Cl2N2O2/c17-13-4-2-1-3-12(13)15-19-16(22-20-15)14(18)9-10-5-7-11(21)8-6-10/h1-9,21H/b14-9-. The lowest BCUT2D eigenvalue weighted by Gasteiger charge is -1.96. The molecule has 2 aromatic carbocycles. The molecule has 0 saturated heterocycles. The quantitative estimate of drug-likeness (QED) is 0.746. The average molecular weight is 333 g/mol. The van der Waals surface area contributed by atoms with Gasteiger partial charge in [0.15, 0.2) is 0 Å². The molecule has 110 valence electrons. The first-order valence-electron chi connectivity index (χ1n) is 6.39. The molecule has 3 aromatic rings. The minimum Gasteiger partial charge on any atom is -0.508 e. The van der Waals surface area contributed by atoms with Crippen LogP contribution in [0, 0.1) is 0 Å². The Morgan fingerprint density at radius 1 is 1.09 bits per heavy atom. The molecule has 1 aromatic heterocycles. The maximum absolute atomic E-state index is 9.26. The predicted octanol–water partition coefficient (Wildman–Crippen LogP) is 4.83. The Morgan fingerprint density at radius 2 is 1.82 bits per heavy atom. The summed E-state index contributed by atoms with van der Waals surface area (Å²) in [4.78, 5) is 4.24. The second-order valence-electron chi connectivity index (χ2n) is 4.49. The van der Waals surface area contributed by atoms with Gasteiger partial charge in [0, 0.05) is 5.56 Å². The Bertz CT molecular complexity index is 826. The number of phenols is 1. The fourth-order valence-corrected chi connectivity index (χ4v) is 2.27. The summed E-state index contributed by atoms with van der Waals surface area (Å²) in [5, 5.41) is 14.0. The molecule has 0 aliphatic heterocycles. The van der Waals surface area contributed by atoms with Crippen LogP contribution in [-0.4, -0.2) is 15.2 Å². The lowest BCUT2D eigenvalue weighted by molar-refractivity contribution is 0.410. The van der Waals surface area contributed by atoms with Crippen molar-refractivity contribution in [1.82, 2.24) is 10.1 Å². The van der Waals surface area contributed by atoms with Gasteiger partial charge in [0.05, 0.1) is 5.02 Å². The summed E-state index contributed by atoms with van der Waals surface area (Å²) in [6.45, 7) is 0. The minimum absolute atomic E-state index is 0.187. The number of phenolic OH excluding ortho intramolecular Hbond substituents is 1. The first-order valence-corrected chi connectivity index (χ1v) is 7.14.